The minimum absolute atomic E-state index is 0.204. The number of rotatable bonds is 1. The smallest absolute Gasteiger partial charge is 0.136 e. The Morgan fingerprint density at radius 1 is 0.950 bits per heavy atom. The van der Waals surface area contributed by atoms with E-state index in [0.29, 0.717) is 5.78 Å². The molecule has 11 saturated carbocycles. The van der Waals surface area contributed by atoms with E-state index < -0.39 is 0 Å². The van der Waals surface area contributed by atoms with Crippen LogP contribution in [0.25, 0.3) is 0 Å². The zero-order valence-corrected chi connectivity index (χ0v) is 11.6. The molecule has 1 nitrogen and oxygen atoms in total. The minimum atomic E-state index is 0.204. The van der Waals surface area contributed by atoms with Gasteiger partial charge in [-0.3, -0.25) is 4.79 Å². The maximum Gasteiger partial charge on any atom is 0.136 e. The normalized spacial score (nSPS) is 110. The molecule has 11 aliphatic carbocycles. The lowest BCUT2D eigenvalue weighted by molar-refractivity contribution is -0.747. The van der Waals surface area contributed by atoms with E-state index in [0.717, 1.165) is 32.5 Å². The first-order chi connectivity index (χ1) is 9.64. The van der Waals surface area contributed by atoms with E-state index in [9.17, 15) is 4.79 Å². The Hall–Kier alpha value is -0.330. The van der Waals surface area contributed by atoms with E-state index in [1.54, 1.807) is 0 Å². The summed E-state index contributed by atoms with van der Waals surface area (Å²) in [4.78, 5) is 12.6. The lowest BCUT2D eigenvalue weighted by atomic mass is 8.83. The lowest BCUT2D eigenvalue weighted by Crippen LogP contribution is -3.18. The van der Waals surface area contributed by atoms with Gasteiger partial charge >= 0.3 is 0 Å². The summed E-state index contributed by atoms with van der Waals surface area (Å²) in [6.07, 6.45) is 4.16. The van der Waals surface area contributed by atoms with Crippen molar-refractivity contribution in [2.24, 2.45) is 79.3 Å². The van der Waals surface area contributed by atoms with Gasteiger partial charge in [-0.1, -0.05) is 0 Å². The van der Waals surface area contributed by atoms with Gasteiger partial charge in [0.05, 0.1) is 0 Å². The summed E-state index contributed by atoms with van der Waals surface area (Å²) < 4.78 is 0. The Balaban J connectivity index is 1.43. The number of ketones is 1. The van der Waals surface area contributed by atoms with Crippen molar-refractivity contribution >= 4 is 5.78 Å². The van der Waals surface area contributed by atoms with Gasteiger partial charge in [-0.15, -0.1) is 0 Å². The van der Waals surface area contributed by atoms with E-state index in [1.807, 2.05) is 6.92 Å². The van der Waals surface area contributed by atoms with Crippen LogP contribution in [-0.4, -0.2) is 5.78 Å². The average molecular weight is 260 g/mol. The van der Waals surface area contributed by atoms with Gasteiger partial charge in [-0.05, 0) is 100 Å². The van der Waals surface area contributed by atoms with Gasteiger partial charge in [0, 0.05) is 5.41 Å². The van der Waals surface area contributed by atoms with Crippen LogP contribution in [0, 0.1) is 79.3 Å². The topological polar surface area (TPSA) is 17.1 Å². The molecule has 0 amide bonds. The monoisotopic (exact) mass is 260 g/mol. The van der Waals surface area contributed by atoms with Crippen molar-refractivity contribution < 1.29 is 4.79 Å². The van der Waals surface area contributed by atoms with Crippen LogP contribution in [0.4, 0.5) is 0 Å². The molecule has 0 aromatic heterocycles. The molecule has 11 rings (SSSR count). The van der Waals surface area contributed by atoms with E-state index in [4.69, 9.17) is 0 Å². The summed E-state index contributed by atoms with van der Waals surface area (Å²) in [5, 5.41) is 0. The quantitative estimate of drug-likeness (QED) is 0.706. The van der Waals surface area contributed by atoms with Gasteiger partial charge in [-0.2, -0.15) is 0 Å². The number of fused-ring (bicyclic) bond motifs is 2. The third-order valence-electron chi connectivity index (χ3n) is 13.6. The number of carbonyl (C=O) groups excluding carboxylic acids is 1. The van der Waals surface area contributed by atoms with Gasteiger partial charge in [0.2, 0.25) is 0 Å². The van der Waals surface area contributed by atoms with Crippen LogP contribution in [-0.2, 0) is 4.79 Å². The van der Waals surface area contributed by atoms with Crippen LogP contribution in [0.15, 0.2) is 0 Å². The minimum Gasteiger partial charge on any atom is -0.299 e. The highest BCUT2D eigenvalue weighted by molar-refractivity contribution is 5.91. The second-order valence-electron chi connectivity index (χ2n) is 11.6. The van der Waals surface area contributed by atoms with Gasteiger partial charge < -0.3 is 0 Å². The van der Waals surface area contributed by atoms with E-state index in [2.05, 4.69) is 0 Å². The highest BCUT2D eigenvalue weighted by Crippen LogP contribution is 3.40. The molecule has 1 heteroatoms. The van der Waals surface area contributed by atoms with Crippen molar-refractivity contribution in [3.05, 3.63) is 0 Å². The molecule has 4 bridgehead atoms. The van der Waals surface area contributed by atoms with Crippen LogP contribution >= 0.6 is 0 Å². The molecular weight excluding hydrogens is 244 g/mol. The Labute approximate surface area is 116 Å². The molecule has 0 aromatic carbocycles. The first-order valence-electron chi connectivity index (χ1n) is 9.16. The van der Waals surface area contributed by atoms with Gasteiger partial charge in [0.1, 0.15) is 5.78 Å². The molecular formula is C19H16O. The maximum absolute atomic E-state index is 12.6. The summed E-state index contributed by atoms with van der Waals surface area (Å²) in [5.74, 6) is 9.04. The van der Waals surface area contributed by atoms with Crippen molar-refractivity contribution in [2.75, 3.05) is 0 Å². The molecule has 98 valence electrons. The predicted octanol–water partition coefficient (Wildman–Crippen LogP) is 2.11. The summed E-state index contributed by atoms with van der Waals surface area (Å²) >= 11 is 0. The van der Waals surface area contributed by atoms with Gasteiger partial charge in [-0.25, -0.2) is 0 Å². The van der Waals surface area contributed by atoms with Crippen LogP contribution in [0.1, 0.15) is 26.2 Å². The largest absolute Gasteiger partial charge is 0.299 e. The Morgan fingerprint density at radius 3 is 2.65 bits per heavy atom. The second-order valence-corrected chi connectivity index (χ2v) is 11.6. The molecule has 6 spiro atoms. The fourth-order valence-electron chi connectivity index (χ4n) is 15.9. The van der Waals surface area contributed by atoms with Gasteiger partial charge in [0.25, 0.3) is 0 Å². The summed E-state index contributed by atoms with van der Waals surface area (Å²) in [6.45, 7) is 1.96. The van der Waals surface area contributed by atoms with E-state index in [-0.39, 0.29) is 5.41 Å². The Morgan fingerprint density at radius 2 is 1.80 bits per heavy atom. The van der Waals surface area contributed by atoms with Gasteiger partial charge in [0.15, 0.2) is 0 Å². The molecule has 0 radical (unpaired) electrons. The van der Waals surface area contributed by atoms with E-state index >= 15 is 0 Å². The predicted molar refractivity (Wildman–Crippen MR) is 66.0 cm³/mol. The standard InChI is InChI=1S/C19H16O/c1-5(20)13-2-14-7-6-8(14)17-9(6)18-11(17)16(4-13,10(14)17)19(18)12(18)15(7,19)3-13/h6-12H,2-4H2,1H3. The summed E-state index contributed by atoms with van der Waals surface area (Å²) in [5.41, 5.74) is 5.45. The highest BCUT2D eigenvalue weighted by atomic mass is 16.1. The number of hydrogen-bond acceptors (Lipinski definition) is 1. The summed E-state index contributed by atoms with van der Waals surface area (Å²) in [7, 11) is 0. The summed E-state index contributed by atoms with van der Waals surface area (Å²) in [6, 6.07) is 0. The average Bonchev–Trinajstić information content (AvgIpc) is 3.15. The van der Waals surface area contributed by atoms with Crippen molar-refractivity contribution in [1.29, 1.82) is 0 Å². The maximum atomic E-state index is 12.6. The molecule has 20 heavy (non-hydrogen) atoms. The molecule has 11 aliphatic rings. The molecule has 0 aromatic rings. The molecule has 14 unspecified atom stereocenters. The molecule has 0 heterocycles. The number of hydrogen-bond donors (Lipinski definition) is 0. The zero-order chi connectivity index (χ0) is 12.2. The zero-order valence-electron chi connectivity index (χ0n) is 11.6. The number of carbonyl (C=O) groups is 1. The van der Waals surface area contributed by atoms with Crippen LogP contribution in [0.3, 0.4) is 0 Å². The number of Topliss-reactive ketones (excluding diaryl/α,β-unsaturated/α-hetero) is 1. The van der Waals surface area contributed by atoms with Crippen LogP contribution < -0.4 is 0 Å². The van der Waals surface area contributed by atoms with Crippen molar-refractivity contribution in [3.63, 3.8) is 0 Å². The van der Waals surface area contributed by atoms with E-state index in [1.165, 1.54) is 60.7 Å². The SMILES string of the molecule is CC(=O)C12CC34C5C6C3C3(C1)C1C78C6C56C4C(C2)(C67)C138. The third-order valence-corrected chi connectivity index (χ3v) is 13.6. The first kappa shape index (κ1) is 7.79. The van der Waals surface area contributed by atoms with Crippen molar-refractivity contribution in [1.82, 2.24) is 0 Å². The third kappa shape index (κ3) is 0.222. The molecule has 0 N–H and O–H groups in total. The Kier molecular flexibility index (Phi) is 0.481. The first-order valence-corrected chi connectivity index (χ1v) is 9.16. The lowest BCUT2D eigenvalue weighted by Gasteiger charge is -3.20. The van der Waals surface area contributed by atoms with Crippen molar-refractivity contribution in [3.8, 4) is 0 Å². The van der Waals surface area contributed by atoms with Crippen LogP contribution in [0.2, 0.25) is 0 Å². The molecule has 14 atom stereocenters. The molecule has 0 aliphatic heterocycles. The Bertz CT molecular complexity index is 874. The van der Waals surface area contributed by atoms with Crippen LogP contribution in [0.5, 0.6) is 0 Å². The fraction of sp³-hybridized carbons (Fsp3) is 0.947. The molecule has 0 saturated heterocycles. The highest BCUT2D eigenvalue weighted by Gasteiger charge is 3.38. The van der Waals surface area contributed by atoms with Crippen molar-refractivity contribution in [2.45, 2.75) is 26.2 Å². The second kappa shape index (κ2) is 1.24. The molecule has 11 fully saturated rings. The fourth-order valence-corrected chi connectivity index (χ4v) is 15.9.